The molecular formula is C5H9FO3. The average molecular weight is 136 g/mol. The number of hydrogen-bond acceptors (Lipinski definition) is 3. The number of rotatable bonds is 4. The van der Waals surface area contributed by atoms with Crippen LogP contribution in [0.2, 0.25) is 0 Å². The molecule has 3 nitrogen and oxygen atoms in total. The molecule has 0 amide bonds. The van der Waals surface area contributed by atoms with Crippen LogP contribution in [-0.4, -0.2) is 35.4 Å². The highest BCUT2D eigenvalue weighted by Gasteiger charge is 2.10. The van der Waals surface area contributed by atoms with Gasteiger partial charge in [-0.05, 0) is 0 Å². The highest BCUT2D eigenvalue weighted by atomic mass is 19.1. The molecule has 0 fully saturated rings. The lowest BCUT2D eigenvalue weighted by atomic mass is 10.2. The normalized spacial score (nSPS) is 16.8. The molecule has 4 heteroatoms. The largest absolute Gasteiger partial charge is 0.394 e. The second-order valence-corrected chi connectivity index (χ2v) is 1.72. The molecule has 2 N–H and O–H groups in total. The second kappa shape index (κ2) is 4.40. The van der Waals surface area contributed by atoms with Crippen LogP contribution in [0.4, 0.5) is 4.39 Å². The van der Waals surface area contributed by atoms with Crippen molar-refractivity contribution in [3.8, 4) is 0 Å². The van der Waals surface area contributed by atoms with Crippen molar-refractivity contribution in [3.63, 3.8) is 0 Å². The van der Waals surface area contributed by atoms with Gasteiger partial charge in [-0.15, -0.1) is 0 Å². The second-order valence-electron chi connectivity index (χ2n) is 1.72. The summed E-state index contributed by atoms with van der Waals surface area (Å²) in [5.41, 5.74) is 0. The summed E-state index contributed by atoms with van der Waals surface area (Å²) >= 11 is 0. The van der Waals surface area contributed by atoms with E-state index in [9.17, 15) is 9.18 Å². The number of carbonyl (C=O) groups excluding carboxylic acids is 1. The Morgan fingerprint density at radius 1 is 1.67 bits per heavy atom. The van der Waals surface area contributed by atoms with Crippen LogP contribution < -0.4 is 0 Å². The molecule has 0 saturated heterocycles. The molecule has 0 saturated carbocycles. The molecule has 0 radical (unpaired) electrons. The standard InChI is InChI=1S/C5H9FO3/c6-4(2-7)1-5(9)3-8/h2,4-5,8-9H,1,3H2/t4-,5+/m1/s1. The van der Waals surface area contributed by atoms with E-state index in [4.69, 9.17) is 10.2 Å². The molecule has 0 aromatic rings. The Bertz CT molecular complexity index is 86.3. The van der Waals surface area contributed by atoms with E-state index in [0.717, 1.165) is 0 Å². The Balaban J connectivity index is 3.33. The van der Waals surface area contributed by atoms with Gasteiger partial charge in [0.05, 0.1) is 12.7 Å². The predicted molar refractivity (Wildman–Crippen MR) is 28.7 cm³/mol. The fraction of sp³-hybridized carbons (Fsp3) is 0.800. The smallest absolute Gasteiger partial charge is 0.158 e. The quantitative estimate of drug-likeness (QED) is 0.501. The van der Waals surface area contributed by atoms with Gasteiger partial charge in [-0.1, -0.05) is 0 Å². The molecule has 54 valence electrons. The van der Waals surface area contributed by atoms with Crippen LogP contribution >= 0.6 is 0 Å². The summed E-state index contributed by atoms with van der Waals surface area (Å²) in [6, 6.07) is 0. The zero-order valence-electron chi connectivity index (χ0n) is 4.83. The first-order valence-corrected chi connectivity index (χ1v) is 2.59. The number of aliphatic hydroxyl groups is 2. The van der Waals surface area contributed by atoms with Crippen LogP contribution in [0.3, 0.4) is 0 Å². The average Bonchev–Trinajstić information content (AvgIpc) is 1.87. The molecule has 9 heavy (non-hydrogen) atoms. The van der Waals surface area contributed by atoms with Crippen molar-refractivity contribution in [2.75, 3.05) is 6.61 Å². The molecular weight excluding hydrogens is 127 g/mol. The van der Waals surface area contributed by atoms with Crippen LogP contribution in [0, 0.1) is 0 Å². The van der Waals surface area contributed by atoms with E-state index in [0.29, 0.717) is 0 Å². The van der Waals surface area contributed by atoms with Crippen LogP contribution in [-0.2, 0) is 4.79 Å². The van der Waals surface area contributed by atoms with Gasteiger partial charge in [0.1, 0.15) is 0 Å². The van der Waals surface area contributed by atoms with E-state index >= 15 is 0 Å². The summed E-state index contributed by atoms with van der Waals surface area (Å²) in [6.07, 6.45) is -3.00. The van der Waals surface area contributed by atoms with E-state index in [1.807, 2.05) is 0 Å². The van der Waals surface area contributed by atoms with Crippen molar-refractivity contribution in [2.45, 2.75) is 18.7 Å². The lowest BCUT2D eigenvalue weighted by Crippen LogP contribution is -2.18. The molecule has 0 aliphatic heterocycles. The third-order valence-electron chi connectivity index (χ3n) is 0.856. The zero-order chi connectivity index (χ0) is 7.28. The maximum absolute atomic E-state index is 11.9. The van der Waals surface area contributed by atoms with Gasteiger partial charge in [-0.25, -0.2) is 4.39 Å². The maximum Gasteiger partial charge on any atom is 0.158 e. The van der Waals surface area contributed by atoms with Gasteiger partial charge >= 0.3 is 0 Å². The third kappa shape index (κ3) is 4.05. The number of aldehydes is 1. The van der Waals surface area contributed by atoms with Crippen molar-refractivity contribution >= 4 is 6.29 Å². The number of alkyl halides is 1. The topological polar surface area (TPSA) is 57.5 Å². The van der Waals surface area contributed by atoms with Crippen molar-refractivity contribution in [2.24, 2.45) is 0 Å². The fourth-order valence-corrected chi connectivity index (χ4v) is 0.390. The first-order valence-electron chi connectivity index (χ1n) is 2.59. The summed E-state index contributed by atoms with van der Waals surface area (Å²) in [7, 11) is 0. The van der Waals surface area contributed by atoms with Gasteiger partial charge in [0, 0.05) is 6.42 Å². The minimum atomic E-state index is -1.66. The predicted octanol–water partition coefficient (Wildman–Crippen LogP) is -0.733. The third-order valence-corrected chi connectivity index (χ3v) is 0.856. The van der Waals surface area contributed by atoms with E-state index < -0.39 is 18.9 Å². The van der Waals surface area contributed by atoms with Crippen LogP contribution in [0.15, 0.2) is 0 Å². The Morgan fingerprint density at radius 2 is 2.22 bits per heavy atom. The van der Waals surface area contributed by atoms with Gasteiger partial charge in [0.2, 0.25) is 0 Å². The fourth-order valence-electron chi connectivity index (χ4n) is 0.390. The highest BCUT2D eigenvalue weighted by Crippen LogP contribution is 1.98. The lowest BCUT2D eigenvalue weighted by molar-refractivity contribution is -0.113. The number of carbonyl (C=O) groups is 1. The number of hydrogen-bond donors (Lipinski definition) is 2. The minimum Gasteiger partial charge on any atom is -0.394 e. The molecule has 0 aromatic heterocycles. The first kappa shape index (κ1) is 8.52. The monoisotopic (exact) mass is 136 g/mol. The summed E-state index contributed by atoms with van der Waals surface area (Å²) in [5, 5.41) is 16.7. The van der Waals surface area contributed by atoms with Gasteiger partial charge < -0.3 is 15.0 Å². The van der Waals surface area contributed by atoms with Gasteiger partial charge in [0.15, 0.2) is 12.5 Å². The van der Waals surface area contributed by atoms with E-state index in [2.05, 4.69) is 0 Å². The summed E-state index contributed by atoms with van der Waals surface area (Å²) in [5.74, 6) is 0. The van der Waals surface area contributed by atoms with Crippen molar-refractivity contribution in [1.29, 1.82) is 0 Å². The molecule has 0 aliphatic rings. The lowest BCUT2D eigenvalue weighted by Gasteiger charge is -2.04. The van der Waals surface area contributed by atoms with Crippen molar-refractivity contribution < 1.29 is 19.4 Å². The van der Waals surface area contributed by atoms with Crippen molar-refractivity contribution in [1.82, 2.24) is 0 Å². The van der Waals surface area contributed by atoms with Crippen LogP contribution in [0.1, 0.15) is 6.42 Å². The van der Waals surface area contributed by atoms with Crippen LogP contribution in [0.5, 0.6) is 0 Å². The minimum absolute atomic E-state index is 0.0961. The Morgan fingerprint density at radius 3 is 2.56 bits per heavy atom. The molecule has 2 atom stereocenters. The molecule has 0 aromatic carbocycles. The Hall–Kier alpha value is -0.480. The van der Waals surface area contributed by atoms with E-state index in [-0.39, 0.29) is 12.7 Å². The Kier molecular flexibility index (Phi) is 4.17. The summed E-state index contributed by atoms with van der Waals surface area (Å²) in [4.78, 5) is 9.59. The van der Waals surface area contributed by atoms with Crippen LogP contribution in [0.25, 0.3) is 0 Å². The van der Waals surface area contributed by atoms with Crippen molar-refractivity contribution in [3.05, 3.63) is 0 Å². The van der Waals surface area contributed by atoms with Gasteiger partial charge in [-0.2, -0.15) is 0 Å². The first-order chi connectivity index (χ1) is 4.20. The number of aliphatic hydroxyl groups excluding tert-OH is 2. The van der Waals surface area contributed by atoms with E-state index in [1.54, 1.807) is 0 Å². The highest BCUT2D eigenvalue weighted by molar-refractivity contribution is 5.55. The zero-order valence-corrected chi connectivity index (χ0v) is 4.83. The molecule has 0 aliphatic carbocycles. The maximum atomic E-state index is 11.9. The molecule has 0 heterocycles. The van der Waals surface area contributed by atoms with Gasteiger partial charge in [-0.3, -0.25) is 0 Å². The molecule has 0 rings (SSSR count). The summed E-state index contributed by atoms with van der Waals surface area (Å²) < 4.78 is 11.9. The molecule has 0 unspecified atom stereocenters. The Labute approximate surface area is 52.1 Å². The summed E-state index contributed by atoms with van der Waals surface area (Å²) in [6.45, 7) is -0.506. The van der Waals surface area contributed by atoms with E-state index in [1.165, 1.54) is 0 Å². The number of halogens is 1. The molecule has 0 spiro atoms. The van der Waals surface area contributed by atoms with Gasteiger partial charge in [0.25, 0.3) is 0 Å². The molecule has 0 bridgehead atoms. The SMILES string of the molecule is O=C[C@H](F)C[C@H](O)CO.